The van der Waals surface area contributed by atoms with Gasteiger partial charge in [-0.15, -0.1) is 0 Å². The molecule has 0 radical (unpaired) electrons. The fourth-order valence-electron chi connectivity index (χ4n) is 2.63. The van der Waals surface area contributed by atoms with Crippen LogP contribution in [0.2, 0.25) is 0 Å². The normalized spacial score (nSPS) is 16.6. The first-order valence-corrected chi connectivity index (χ1v) is 9.28. The van der Waals surface area contributed by atoms with Crippen molar-refractivity contribution in [3.05, 3.63) is 41.7 Å². The molecule has 0 aromatic carbocycles. The number of ketones is 1. The Balaban J connectivity index is 1.73. The molecule has 1 aliphatic rings. The highest BCUT2D eigenvalue weighted by Gasteiger charge is 2.37. The summed E-state index contributed by atoms with van der Waals surface area (Å²) >= 11 is 1.28. The summed E-state index contributed by atoms with van der Waals surface area (Å²) < 4.78 is 18.8. The molecule has 0 aliphatic carbocycles. The van der Waals surface area contributed by atoms with Crippen LogP contribution < -0.4 is 10.1 Å². The van der Waals surface area contributed by atoms with Crippen molar-refractivity contribution in [2.75, 3.05) is 12.3 Å². The standard InChI is InChI=1S/C18H18FN5O2S/c1-18(2,10-27-17-23-7-13(19)8-24-17)16(25)14-9-22-6-12-5-21-4-11(3-20)15(12)26-14/h4-5,7-8,14,22H,6,9-10H2,1-2H3. The molecular weight excluding hydrogens is 369 g/mol. The second-order valence-corrected chi connectivity index (χ2v) is 7.69. The molecule has 3 heterocycles. The molecule has 1 aliphatic heterocycles. The first kappa shape index (κ1) is 19.2. The van der Waals surface area contributed by atoms with E-state index in [0.29, 0.717) is 35.3 Å². The number of pyridine rings is 1. The van der Waals surface area contributed by atoms with Crippen molar-refractivity contribution in [3.63, 3.8) is 0 Å². The van der Waals surface area contributed by atoms with E-state index in [1.807, 2.05) is 13.8 Å². The van der Waals surface area contributed by atoms with E-state index in [2.05, 4.69) is 26.3 Å². The Hall–Kier alpha value is -2.57. The van der Waals surface area contributed by atoms with Crippen LogP contribution in [-0.2, 0) is 11.3 Å². The van der Waals surface area contributed by atoms with Gasteiger partial charge in [0.05, 0.1) is 12.4 Å². The van der Waals surface area contributed by atoms with Crippen molar-refractivity contribution in [3.8, 4) is 11.8 Å². The van der Waals surface area contributed by atoms with Crippen molar-refractivity contribution in [2.24, 2.45) is 5.41 Å². The molecule has 0 fully saturated rings. The van der Waals surface area contributed by atoms with Gasteiger partial charge in [0, 0.05) is 42.2 Å². The molecular formula is C18H18FN5O2S. The second-order valence-electron chi connectivity index (χ2n) is 6.75. The minimum atomic E-state index is -0.737. The van der Waals surface area contributed by atoms with Gasteiger partial charge in [0.15, 0.2) is 22.9 Å². The third-order valence-corrected chi connectivity index (χ3v) is 5.45. The molecule has 1 atom stereocenters. The van der Waals surface area contributed by atoms with Crippen LogP contribution in [0.25, 0.3) is 0 Å². The Morgan fingerprint density at radius 3 is 2.85 bits per heavy atom. The molecule has 140 valence electrons. The van der Waals surface area contributed by atoms with Crippen LogP contribution in [0.4, 0.5) is 4.39 Å². The molecule has 2 aromatic rings. The molecule has 3 rings (SSSR count). The maximum Gasteiger partial charge on any atom is 0.187 e. The van der Waals surface area contributed by atoms with Gasteiger partial charge in [0.1, 0.15) is 17.4 Å². The summed E-state index contributed by atoms with van der Waals surface area (Å²) in [5.41, 5.74) is 0.316. The molecule has 27 heavy (non-hydrogen) atoms. The smallest absolute Gasteiger partial charge is 0.187 e. The van der Waals surface area contributed by atoms with Gasteiger partial charge >= 0.3 is 0 Å². The maximum atomic E-state index is 13.1. The van der Waals surface area contributed by atoms with E-state index in [9.17, 15) is 14.4 Å². The Morgan fingerprint density at radius 2 is 2.15 bits per heavy atom. The van der Waals surface area contributed by atoms with E-state index in [0.717, 1.165) is 18.0 Å². The van der Waals surface area contributed by atoms with Gasteiger partial charge in [0.2, 0.25) is 0 Å². The monoisotopic (exact) mass is 387 g/mol. The van der Waals surface area contributed by atoms with Gasteiger partial charge in [-0.25, -0.2) is 14.4 Å². The minimum absolute atomic E-state index is 0.0989. The Bertz CT molecular complexity index is 882. The predicted octanol–water partition coefficient (Wildman–Crippen LogP) is 2.12. The van der Waals surface area contributed by atoms with E-state index < -0.39 is 17.3 Å². The number of rotatable bonds is 5. The third kappa shape index (κ3) is 4.40. The largest absolute Gasteiger partial charge is 0.479 e. The predicted molar refractivity (Wildman–Crippen MR) is 96.6 cm³/mol. The summed E-state index contributed by atoms with van der Waals surface area (Å²) in [6, 6.07) is 2.05. The van der Waals surface area contributed by atoms with Gasteiger partial charge in [0.25, 0.3) is 0 Å². The summed E-state index contributed by atoms with van der Waals surface area (Å²) in [7, 11) is 0. The highest BCUT2D eigenvalue weighted by atomic mass is 32.2. The molecule has 1 unspecified atom stereocenters. The van der Waals surface area contributed by atoms with Gasteiger partial charge in [-0.1, -0.05) is 25.6 Å². The van der Waals surface area contributed by atoms with Crippen LogP contribution in [0.5, 0.6) is 5.75 Å². The van der Waals surface area contributed by atoms with E-state index in [1.165, 1.54) is 18.0 Å². The van der Waals surface area contributed by atoms with Crippen molar-refractivity contribution in [2.45, 2.75) is 31.7 Å². The summed E-state index contributed by atoms with van der Waals surface area (Å²) in [6.07, 6.45) is 4.51. The van der Waals surface area contributed by atoms with E-state index in [-0.39, 0.29) is 5.78 Å². The number of thioether (sulfide) groups is 1. The Labute approximate surface area is 160 Å². The minimum Gasteiger partial charge on any atom is -0.479 e. The highest BCUT2D eigenvalue weighted by molar-refractivity contribution is 7.99. The third-order valence-electron chi connectivity index (χ3n) is 4.11. The van der Waals surface area contributed by atoms with Gasteiger partial charge in [-0.3, -0.25) is 9.78 Å². The number of nitrogens with one attached hydrogen (secondary N) is 1. The van der Waals surface area contributed by atoms with Crippen LogP contribution in [0.1, 0.15) is 25.0 Å². The lowest BCUT2D eigenvalue weighted by molar-refractivity contribution is -0.132. The van der Waals surface area contributed by atoms with Crippen molar-refractivity contribution < 1.29 is 13.9 Å². The molecule has 0 saturated heterocycles. The van der Waals surface area contributed by atoms with Crippen LogP contribution in [0.3, 0.4) is 0 Å². The number of fused-ring (bicyclic) bond motifs is 1. The van der Waals surface area contributed by atoms with Crippen LogP contribution in [0, 0.1) is 22.6 Å². The molecule has 0 saturated carbocycles. The number of nitriles is 1. The van der Waals surface area contributed by atoms with E-state index in [1.54, 1.807) is 6.20 Å². The lowest BCUT2D eigenvalue weighted by Crippen LogP contribution is -2.44. The number of halogens is 1. The van der Waals surface area contributed by atoms with Crippen molar-refractivity contribution in [1.29, 1.82) is 5.26 Å². The summed E-state index contributed by atoms with van der Waals surface area (Å²) in [5.74, 6) is 0.208. The van der Waals surface area contributed by atoms with Crippen molar-refractivity contribution in [1.82, 2.24) is 20.3 Å². The van der Waals surface area contributed by atoms with Crippen LogP contribution in [0.15, 0.2) is 29.9 Å². The van der Waals surface area contributed by atoms with Gasteiger partial charge in [-0.05, 0) is 0 Å². The topological polar surface area (TPSA) is 101 Å². The summed E-state index contributed by atoms with van der Waals surface area (Å²) in [6.45, 7) is 4.44. The number of aromatic nitrogens is 3. The number of Topliss-reactive ketones (excluding diaryl/α,β-unsaturated/α-hetero) is 1. The first-order chi connectivity index (χ1) is 12.9. The number of carbonyl (C=O) groups excluding carboxylic acids is 1. The number of hydrogen-bond acceptors (Lipinski definition) is 8. The Morgan fingerprint density at radius 1 is 1.41 bits per heavy atom. The number of ether oxygens (including phenoxy) is 1. The van der Waals surface area contributed by atoms with Gasteiger partial charge in [-0.2, -0.15) is 5.26 Å². The molecule has 9 heteroatoms. The van der Waals surface area contributed by atoms with Gasteiger partial charge < -0.3 is 10.1 Å². The zero-order valence-electron chi connectivity index (χ0n) is 14.9. The zero-order chi connectivity index (χ0) is 19.4. The Kier molecular flexibility index (Phi) is 5.68. The van der Waals surface area contributed by atoms with E-state index in [4.69, 9.17) is 4.74 Å². The highest BCUT2D eigenvalue weighted by Crippen LogP contribution is 2.31. The molecule has 0 bridgehead atoms. The zero-order valence-corrected chi connectivity index (χ0v) is 15.7. The average Bonchev–Trinajstić information content (AvgIpc) is 2.89. The van der Waals surface area contributed by atoms with E-state index >= 15 is 0 Å². The lowest BCUT2D eigenvalue weighted by Gasteiger charge is -2.27. The SMILES string of the molecule is CC(C)(CSc1ncc(F)cn1)C(=O)C1CNCc2cncc(C#N)c2O1. The summed E-state index contributed by atoms with van der Waals surface area (Å²) in [5, 5.41) is 12.9. The molecule has 2 aromatic heterocycles. The average molecular weight is 387 g/mol. The van der Waals surface area contributed by atoms with Crippen LogP contribution >= 0.6 is 11.8 Å². The molecule has 0 amide bonds. The maximum absolute atomic E-state index is 13.1. The fourth-order valence-corrected chi connectivity index (χ4v) is 3.52. The molecule has 1 N–H and O–H groups in total. The first-order valence-electron chi connectivity index (χ1n) is 8.30. The second kappa shape index (κ2) is 7.98. The number of nitrogens with zero attached hydrogens (tertiary/aromatic N) is 4. The number of hydrogen-bond donors (Lipinski definition) is 1. The molecule has 7 nitrogen and oxygen atoms in total. The fraction of sp³-hybridized carbons (Fsp3) is 0.389. The van der Waals surface area contributed by atoms with Crippen LogP contribution in [-0.4, -0.2) is 39.1 Å². The quantitative estimate of drug-likeness (QED) is 0.615. The molecule has 0 spiro atoms. The van der Waals surface area contributed by atoms with Crippen molar-refractivity contribution >= 4 is 17.5 Å². The number of carbonyl (C=O) groups is 1. The summed E-state index contributed by atoms with van der Waals surface area (Å²) in [4.78, 5) is 24.9. The lowest BCUT2D eigenvalue weighted by atomic mass is 9.87.